The first-order valence-corrected chi connectivity index (χ1v) is 9.85. The number of hydrogen-bond donors (Lipinski definition) is 2. The average Bonchev–Trinajstić information content (AvgIpc) is 2.51. The fourth-order valence-electron chi connectivity index (χ4n) is 2.13. The van der Waals surface area contributed by atoms with Gasteiger partial charge in [0.2, 0.25) is 0 Å². The molecule has 24 heavy (non-hydrogen) atoms. The second-order valence-electron chi connectivity index (χ2n) is 6.62. The Hall–Kier alpha value is -1.60. The summed E-state index contributed by atoms with van der Waals surface area (Å²) in [7, 11) is -3.67. The molecule has 0 aromatic heterocycles. The number of sulfone groups is 1. The molecule has 6 nitrogen and oxygen atoms in total. The molecule has 136 valence electrons. The lowest BCUT2D eigenvalue weighted by Gasteiger charge is -2.25. The standard InChI is InChI=1S/C17H27NO5S/c1-13(2)10-12-23-15-7-5-14(6-8-15)9-11-17(3,16(19)18-20)24(4,21)22/h5-8,13,20H,9-12H2,1-4H3,(H,18,19). The van der Waals surface area contributed by atoms with Crippen LogP contribution >= 0.6 is 0 Å². The zero-order valence-electron chi connectivity index (χ0n) is 14.7. The molecule has 0 heterocycles. The molecule has 0 aliphatic rings. The third-order valence-electron chi connectivity index (χ3n) is 4.18. The first-order chi connectivity index (χ1) is 11.1. The van der Waals surface area contributed by atoms with Crippen molar-refractivity contribution in [2.45, 2.75) is 44.8 Å². The first kappa shape index (κ1) is 20.4. The van der Waals surface area contributed by atoms with Crippen molar-refractivity contribution < 1.29 is 23.2 Å². The highest BCUT2D eigenvalue weighted by Gasteiger charge is 2.43. The molecule has 0 bridgehead atoms. The largest absolute Gasteiger partial charge is 0.494 e. The van der Waals surface area contributed by atoms with Gasteiger partial charge in [-0.25, -0.2) is 13.9 Å². The number of benzene rings is 1. The monoisotopic (exact) mass is 357 g/mol. The number of hydrogen-bond acceptors (Lipinski definition) is 5. The van der Waals surface area contributed by atoms with Crippen molar-refractivity contribution in [3.63, 3.8) is 0 Å². The van der Waals surface area contributed by atoms with E-state index in [0.717, 1.165) is 24.0 Å². The summed E-state index contributed by atoms with van der Waals surface area (Å²) in [5.41, 5.74) is 2.35. The quantitative estimate of drug-likeness (QED) is 0.523. The van der Waals surface area contributed by atoms with Crippen molar-refractivity contribution in [1.82, 2.24) is 5.48 Å². The van der Waals surface area contributed by atoms with Crippen LogP contribution in [0.5, 0.6) is 5.75 Å². The summed E-state index contributed by atoms with van der Waals surface area (Å²) in [6, 6.07) is 7.37. The van der Waals surface area contributed by atoms with Gasteiger partial charge in [0.15, 0.2) is 9.84 Å². The number of hydroxylamine groups is 1. The van der Waals surface area contributed by atoms with Crippen molar-refractivity contribution in [2.24, 2.45) is 5.92 Å². The van der Waals surface area contributed by atoms with E-state index in [0.29, 0.717) is 18.9 Å². The minimum atomic E-state index is -3.67. The van der Waals surface area contributed by atoms with E-state index in [9.17, 15) is 13.2 Å². The number of nitrogens with one attached hydrogen (secondary N) is 1. The van der Waals surface area contributed by atoms with Gasteiger partial charge in [-0.15, -0.1) is 0 Å². The molecular formula is C17H27NO5S. The third-order valence-corrected chi connectivity index (χ3v) is 6.20. The first-order valence-electron chi connectivity index (χ1n) is 7.96. The molecule has 1 aromatic carbocycles. The lowest BCUT2D eigenvalue weighted by Crippen LogP contribution is -2.49. The molecule has 2 N–H and O–H groups in total. The van der Waals surface area contributed by atoms with Crippen LogP contribution in [0.25, 0.3) is 0 Å². The Morgan fingerprint density at radius 2 is 1.88 bits per heavy atom. The normalized spacial score (nSPS) is 14.2. The van der Waals surface area contributed by atoms with Crippen LogP contribution < -0.4 is 10.2 Å². The van der Waals surface area contributed by atoms with E-state index in [-0.39, 0.29) is 6.42 Å². The van der Waals surface area contributed by atoms with Crippen LogP contribution in [0, 0.1) is 5.92 Å². The molecule has 1 unspecified atom stereocenters. The van der Waals surface area contributed by atoms with Crippen LogP contribution in [0.15, 0.2) is 24.3 Å². The molecule has 0 aliphatic heterocycles. The van der Waals surface area contributed by atoms with Crippen molar-refractivity contribution >= 4 is 15.7 Å². The molecule has 1 rings (SSSR count). The minimum absolute atomic E-state index is 0.0752. The molecule has 0 saturated carbocycles. The van der Waals surface area contributed by atoms with E-state index in [1.807, 2.05) is 24.3 Å². The summed E-state index contributed by atoms with van der Waals surface area (Å²) in [4.78, 5) is 11.8. The Labute approximate surface area is 144 Å². The Morgan fingerprint density at radius 1 is 1.29 bits per heavy atom. The van der Waals surface area contributed by atoms with Crippen molar-refractivity contribution in [3.8, 4) is 5.75 Å². The highest BCUT2D eigenvalue weighted by molar-refractivity contribution is 7.92. The Balaban J connectivity index is 2.71. The van der Waals surface area contributed by atoms with Crippen LogP contribution in [0.2, 0.25) is 0 Å². The molecule has 1 atom stereocenters. The van der Waals surface area contributed by atoms with Gasteiger partial charge in [0.05, 0.1) is 6.61 Å². The summed E-state index contributed by atoms with van der Waals surface area (Å²) in [5, 5.41) is 8.81. The van der Waals surface area contributed by atoms with Gasteiger partial charge in [0.1, 0.15) is 10.5 Å². The van der Waals surface area contributed by atoms with Gasteiger partial charge in [-0.2, -0.15) is 0 Å². The number of carbonyl (C=O) groups excluding carboxylic acids is 1. The summed E-state index contributed by atoms with van der Waals surface area (Å²) in [6.07, 6.45) is 2.44. The minimum Gasteiger partial charge on any atom is -0.494 e. The topological polar surface area (TPSA) is 92.7 Å². The third kappa shape index (κ3) is 5.49. The Kier molecular flexibility index (Phi) is 7.23. The second kappa shape index (κ2) is 8.48. The SMILES string of the molecule is CC(C)CCOc1ccc(CCC(C)(C(=O)NO)S(C)(=O)=O)cc1. The molecule has 0 fully saturated rings. The molecule has 0 saturated heterocycles. The molecule has 7 heteroatoms. The second-order valence-corrected chi connectivity index (χ2v) is 9.06. The Morgan fingerprint density at radius 3 is 2.33 bits per heavy atom. The fraction of sp³-hybridized carbons (Fsp3) is 0.588. The van der Waals surface area contributed by atoms with Crippen LogP contribution in [-0.2, 0) is 21.1 Å². The Bertz CT molecular complexity index is 639. The molecule has 1 amide bonds. The van der Waals surface area contributed by atoms with E-state index < -0.39 is 20.5 Å². The molecule has 0 radical (unpaired) electrons. The summed E-state index contributed by atoms with van der Waals surface area (Å²) in [6.45, 7) is 6.23. The van der Waals surface area contributed by atoms with E-state index in [1.54, 1.807) is 0 Å². The van der Waals surface area contributed by atoms with Crippen molar-refractivity contribution in [3.05, 3.63) is 29.8 Å². The lowest BCUT2D eigenvalue weighted by molar-refractivity contribution is -0.131. The van der Waals surface area contributed by atoms with Gasteiger partial charge in [0.25, 0.3) is 5.91 Å². The highest BCUT2D eigenvalue weighted by Crippen LogP contribution is 2.24. The van der Waals surface area contributed by atoms with E-state index in [4.69, 9.17) is 9.94 Å². The van der Waals surface area contributed by atoms with Crippen LogP contribution in [0.3, 0.4) is 0 Å². The molecular weight excluding hydrogens is 330 g/mol. The maximum absolute atomic E-state index is 11.9. The maximum atomic E-state index is 11.9. The number of carbonyl (C=O) groups is 1. The highest BCUT2D eigenvalue weighted by atomic mass is 32.2. The van der Waals surface area contributed by atoms with Gasteiger partial charge in [-0.3, -0.25) is 10.0 Å². The van der Waals surface area contributed by atoms with Gasteiger partial charge in [0, 0.05) is 6.26 Å². The molecule has 0 spiro atoms. The van der Waals surface area contributed by atoms with Crippen LogP contribution in [0.4, 0.5) is 0 Å². The number of ether oxygens (including phenoxy) is 1. The van der Waals surface area contributed by atoms with Crippen LogP contribution in [0.1, 0.15) is 39.2 Å². The predicted molar refractivity (Wildman–Crippen MR) is 92.9 cm³/mol. The maximum Gasteiger partial charge on any atom is 0.264 e. The average molecular weight is 357 g/mol. The smallest absolute Gasteiger partial charge is 0.264 e. The lowest BCUT2D eigenvalue weighted by atomic mass is 9.99. The molecule has 1 aromatic rings. The van der Waals surface area contributed by atoms with E-state index in [1.165, 1.54) is 12.4 Å². The zero-order valence-corrected chi connectivity index (χ0v) is 15.5. The van der Waals surface area contributed by atoms with Crippen molar-refractivity contribution in [1.29, 1.82) is 0 Å². The molecule has 0 aliphatic carbocycles. The van der Waals surface area contributed by atoms with E-state index in [2.05, 4.69) is 13.8 Å². The summed E-state index contributed by atoms with van der Waals surface area (Å²) < 4.78 is 27.8. The van der Waals surface area contributed by atoms with E-state index >= 15 is 0 Å². The van der Waals surface area contributed by atoms with Gasteiger partial charge in [-0.1, -0.05) is 26.0 Å². The summed E-state index contributed by atoms with van der Waals surface area (Å²) in [5.74, 6) is 0.424. The number of aryl methyl sites for hydroxylation is 1. The van der Waals surface area contributed by atoms with Gasteiger partial charge >= 0.3 is 0 Å². The zero-order chi connectivity index (χ0) is 18.4. The van der Waals surface area contributed by atoms with Crippen molar-refractivity contribution in [2.75, 3.05) is 12.9 Å². The fourth-order valence-corrected chi connectivity index (χ4v) is 2.99. The predicted octanol–water partition coefficient (Wildman–Crippen LogP) is 2.35. The van der Waals surface area contributed by atoms with Gasteiger partial charge in [-0.05, 0) is 49.8 Å². The van der Waals surface area contributed by atoms with Gasteiger partial charge < -0.3 is 4.74 Å². The summed E-state index contributed by atoms with van der Waals surface area (Å²) >= 11 is 0. The van der Waals surface area contributed by atoms with Crippen LogP contribution in [-0.4, -0.2) is 37.1 Å². The number of rotatable bonds is 9. The number of amides is 1.